The lowest BCUT2D eigenvalue weighted by atomic mass is 10.1. The third-order valence-corrected chi connectivity index (χ3v) is 4.20. The lowest BCUT2D eigenvalue weighted by Gasteiger charge is -2.36. The highest BCUT2D eigenvalue weighted by atomic mass is 16.5. The van der Waals surface area contributed by atoms with Crippen molar-refractivity contribution in [2.45, 2.75) is 52.0 Å². The quantitative estimate of drug-likeness (QED) is 0.845. The molecule has 0 amide bonds. The number of aliphatic hydroxyl groups is 1. The third-order valence-electron chi connectivity index (χ3n) is 4.20. The van der Waals surface area contributed by atoms with Crippen molar-refractivity contribution in [3.8, 4) is 0 Å². The lowest BCUT2D eigenvalue weighted by Crippen LogP contribution is -2.49. The Bertz CT molecular complexity index is 439. The Kier molecular flexibility index (Phi) is 6.38. The van der Waals surface area contributed by atoms with Crippen LogP contribution in [0.3, 0.4) is 0 Å². The molecule has 1 saturated heterocycles. The number of aliphatic hydroxyl groups excluding tert-OH is 1. The first-order chi connectivity index (χ1) is 10.4. The van der Waals surface area contributed by atoms with Crippen molar-refractivity contribution in [1.82, 2.24) is 10.2 Å². The number of nitrogens with one attached hydrogen (secondary N) is 1. The number of morpholine rings is 1. The number of benzene rings is 1. The molecule has 1 fully saturated rings. The van der Waals surface area contributed by atoms with E-state index in [2.05, 4.69) is 62.2 Å². The summed E-state index contributed by atoms with van der Waals surface area (Å²) in [4.78, 5) is 2.29. The van der Waals surface area contributed by atoms with E-state index >= 15 is 0 Å². The second-order valence-corrected chi connectivity index (χ2v) is 6.67. The van der Waals surface area contributed by atoms with Gasteiger partial charge in [-0.3, -0.25) is 4.90 Å². The number of ether oxygens (including phenoxy) is 1. The van der Waals surface area contributed by atoms with E-state index in [1.807, 2.05) is 0 Å². The number of rotatable bonds is 6. The molecule has 0 aromatic heterocycles. The molecule has 2 N–H and O–H groups in total. The monoisotopic (exact) mass is 306 g/mol. The van der Waals surface area contributed by atoms with Crippen molar-refractivity contribution in [2.24, 2.45) is 0 Å². The molecule has 0 bridgehead atoms. The second-order valence-electron chi connectivity index (χ2n) is 6.67. The topological polar surface area (TPSA) is 44.7 Å². The van der Waals surface area contributed by atoms with Crippen LogP contribution < -0.4 is 5.32 Å². The van der Waals surface area contributed by atoms with E-state index in [9.17, 15) is 5.11 Å². The fourth-order valence-electron chi connectivity index (χ4n) is 3.08. The predicted molar refractivity (Wildman–Crippen MR) is 90.1 cm³/mol. The minimum atomic E-state index is -0.356. The number of aryl methyl sites for hydroxylation is 1. The molecule has 1 heterocycles. The summed E-state index contributed by atoms with van der Waals surface area (Å²) in [6.45, 7) is 11.5. The van der Waals surface area contributed by atoms with Crippen LogP contribution in [0, 0.1) is 6.92 Å². The normalized spacial score (nSPS) is 25.9. The summed E-state index contributed by atoms with van der Waals surface area (Å²) in [5.74, 6) is 0. The molecule has 1 aromatic carbocycles. The van der Waals surface area contributed by atoms with Crippen LogP contribution >= 0.6 is 0 Å². The summed E-state index contributed by atoms with van der Waals surface area (Å²) >= 11 is 0. The van der Waals surface area contributed by atoms with Gasteiger partial charge in [0.05, 0.1) is 18.3 Å². The van der Waals surface area contributed by atoms with Crippen LogP contribution in [0.25, 0.3) is 0 Å². The zero-order chi connectivity index (χ0) is 16.1. The van der Waals surface area contributed by atoms with Gasteiger partial charge >= 0.3 is 0 Å². The molecule has 4 heteroatoms. The molecule has 1 aliphatic rings. The molecule has 4 unspecified atom stereocenters. The zero-order valence-electron chi connectivity index (χ0n) is 14.2. The van der Waals surface area contributed by atoms with Crippen molar-refractivity contribution in [1.29, 1.82) is 0 Å². The fraction of sp³-hybridized carbons (Fsp3) is 0.667. The molecule has 1 aromatic rings. The number of nitrogens with zero attached hydrogens (tertiary/aromatic N) is 1. The second kappa shape index (κ2) is 8.06. The highest BCUT2D eigenvalue weighted by Crippen LogP contribution is 2.14. The van der Waals surface area contributed by atoms with Gasteiger partial charge in [0.2, 0.25) is 0 Å². The molecular weight excluding hydrogens is 276 g/mol. The maximum atomic E-state index is 10.3. The Morgan fingerprint density at radius 3 is 2.41 bits per heavy atom. The maximum Gasteiger partial charge on any atom is 0.0791 e. The van der Waals surface area contributed by atoms with Crippen LogP contribution in [-0.4, -0.2) is 54.5 Å². The van der Waals surface area contributed by atoms with E-state index in [0.29, 0.717) is 13.1 Å². The molecule has 22 heavy (non-hydrogen) atoms. The molecule has 0 aliphatic carbocycles. The van der Waals surface area contributed by atoms with Gasteiger partial charge in [0.25, 0.3) is 0 Å². The molecule has 0 spiro atoms. The van der Waals surface area contributed by atoms with Gasteiger partial charge in [-0.2, -0.15) is 0 Å². The van der Waals surface area contributed by atoms with Crippen molar-refractivity contribution >= 4 is 0 Å². The summed E-state index contributed by atoms with van der Waals surface area (Å²) < 4.78 is 5.72. The van der Waals surface area contributed by atoms with Crippen LogP contribution in [0.1, 0.15) is 37.9 Å². The molecule has 2 rings (SSSR count). The summed E-state index contributed by atoms with van der Waals surface area (Å²) in [6, 6.07) is 8.79. The largest absolute Gasteiger partial charge is 0.390 e. The highest BCUT2D eigenvalue weighted by Gasteiger charge is 2.23. The molecule has 4 nitrogen and oxygen atoms in total. The molecule has 4 atom stereocenters. The van der Waals surface area contributed by atoms with Crippen LogP contribution in [0.4, 0.5) is 0 Å². The van der Waals surface area contributed by atoms with E-state index in [1.54, 1.807) is 0 Å². The van der Waals surface area contributed by atoms with E-state index in [4.69, 9.17) is 4.74 Å². The summed E-state index contributed by atoms with van der Waals surface area (Å²) in [5, 5.41) is 13.7. The van der Waals surface area contributed by atoms with Crippen LogP contribution in [0.2, 0.25) is 0 Å². The first-order valence-electron chi connectivity index (χ1n) is 8.30. The van der Waals surface area contributed by atoms with Crippen molar-refractivity contribution in [3.63, 3.8) is 0 Å². The molecule has 0 radical (unpaired) electrons. The van der Waals surface area contributed by atoms with Gasteiger partial charge < -0.3 is 15.2 Å². The Morgan fingerprint density at radius 2 is 1.82 bits per heavy atom. The van der Waals surface area contributed by atoms with Crippen LogP contribution in [0.15, 0.2) is 24.3 Å². The fourth-order valence-corrected chi connectivity index (χ4v) is 3.08. The average Bonchev–Trinajstić information content (AvgIpc) is 2.44. The Labute approximate surface area is 134 Å². The van der Waals surface area contributed by atoms with Gasteiger partial charge in [-0.1, -0.05) is 29.8 Å². The number of hydrogen-bond acceptors (Lipinski definition) is 4. The minimum absolute atomic E-state index is 0.246. The van der Waals surface area contributed by atoms with E-state index in [1.165, 1.54) is 11.1 Å². The van der Waals surface area contributed by atoms with Gasteiger partial charge in [0, 0.05) is 32.2 Å². The van der Waals surface area contributed by atoms with E-state index < -0.39 is 0 Å². The molecule has 124 valence electrons. The predicted octanol–water partition coefficient (Wildman–Crippen LogP) is 2.12. The SMILES string of the molecule is Cc1ccc(C(C)NCC(O)CN2CC(C)OC(C)C2)cc1. The maximum absolute atomic E-state index is 10.3. The van der Waals surface area contributed by atoms with Crippen LogP contribution in [0.5, 0.6) is 0 Å². The van der Waals surface area contributed by atoms with E-state index in [0.717, 1.165) is 13.1 Å². The minimum Gasteiger partial charge on any atom is -0.390 e. The van der Waals surface area contributed by atoms with Gasteiger partial charge in [-0.25, -0.2) is 0 Å². The molecule has 0 saturated carbocycles. The summed E-state index contributed by atoms with van der Waals surface area (Å²) in [7, 11) is 0. The third kappa shape index (κ3) is 5.36. The zero-order valence-corrected chi connectivity index (χ0v) is 14.2. The summed E-state index contributed by atoms with van der Waals surface area (Å²) in [5.41, 5.74) is 2.53. The first-order valence-corrected chi connectivity index (χ1v) is 8.30. The lowest BCUT2D eigenvalue weighted by molar-refractivity contribution is -0.0762. The standard InChI is InChI=1S/C18H30N2O2/c1-13-5-7-17(8-6-13)16(4)19-9-18(21)12-20-10-14(2)22-15(3)11-20/h5-8,14-16,18-19,21H,9-12H2,1-4H3. The van der Waals surface area contributed by atoms with Gasteiger partial charge in [0.1, 0.15) is 0 Å². The number of β-amino-alcohol motifs (C(OH)–C–C–N with tert-alkyl or cyclic N) is 1. The Morgan fingerprint density at radius 1 is 1.23 bits per heavy atom. The van der Waals surface area contributed by atoms with Crippen molar-refractivity contribution in [2.75, 3.05) is 26.2 Å². The molecule has 1 aliphatic heterocycles. The van der Waals surface area contributed by atoms with E-state index in [-0.39, 0.29) is 24.4 Å². The van der Waals surface area contributed by atoms with Crippen molar-refractivity contribution in [3.05, 3.63) is 35.4 Å². The number of hydrogen-bond donors (Lipinski definition) is 2. The van der Waals surface area contributed by atoms with Gasteiger partial charge in [-0.15, -0.1) is 0 Å². The Hall–Kier alpha value is -0.940. The highest BCUT2D eigenvalue weighted by molar-refractivity contribution is 5.23. The van der Waals surface area contributed by atoms with Crippen molar-refractivity contribution < 1.29 is 9.84 Å². The average molecular weight is 306 g/mol. The summed E-state index contributed by atoms with van der Waals surface area (Å²) in [6.07, 6.45) is 0.135. The molecular formula is C18H30N2O2. The smallest absolute Gasteiger partial charge is 0.0791 e. The van der Waals surface area contributed by atoms with Gasteiger partial charge in [-0.05, 0) is 33.3 Å². The Balaban J connectivity index is 1.75. The van der Waals surface area contributed by atoms with Crippen LogP contribution in [-0.2, 0) is 4.74 Å². The van der Waals surface area contributed by atoms with Gasteiger partial charge in [0.15, 0.2) is 0 Å². The first kappa shape index (κ1) is 17.4.